The van der Waals surface area contributed by atoms with Crippen molar-refractivity contribution < 1.29 is 72.0 Å². The lowest BCUT2D eigenvalue weighted by atomic mass is 10.0. The van der Waals surface area contributed by atoms with Gasteiger partial charge in [-0.05, 0) is 57.2 Å². The van der Waals surface area contributed by atoms with Crippen molar-refractivity contribution in [1.82, 2.24) is 52.4 Å². The molecule has 72 heavy (non-hydrogen) atoms. The summed E-state index contributed by atoms with van der Waals surface area (Å²) in [5, 5.41) is 30.7. The zero-order valence-electron chi connectivity index (χ0n) is 40.5. The third-order valence-electron chi connectivity index (χ3n) is 10.9. The van der Waals surface area contributed by atoms with Crippen LogP contribution in [-0.4, -0.2) is 204 Å². The summed E-state index contributed by atoms with van der Waals surface area (Å²) >= 11 is 0. The van der Waals surface area contributed by atoms with Crippen molar-refractivity contribution in [3.8, 4) is 0 Å². The number of carboxylic acids is 1. The minimum Gasteiger partial charge on any atom is -0.481 e. The lowest BCUT2D eigenvalue weighted by Gasteiger charge is -2.29. The Labute approximate surface area is 416 Å². The van der Waals surface area contributed by atoms with Crippen LogP contribution in [0.25, 0.3) is 10.9 Å². The number of likely N-dealkylation sites (N-methyl/N-ethyl adjacent to an activating group) is 1. The number of primary amides is 1. The second-order valence-corrected chi connectivity index (χ2v) is 16.4. The van der Waals surface area contributed by atoms with E-state index in [1.54, 1.807) is 13.2 Å². The first-order valence-corrected chi connectivity index (χ1v) is 23.6. The molecule has 0 spiro atoms. The van der Waals surface area contributed by atoms with Gasteiger partial charge in [-0.3, -0.25) is 47.9 Å². The highest BCUT2D eigenvalue weighted by atomic mass is 16.5. The van der Waals surface area contributed by atoms with Gasteiger partial charge in [-0.2, -0.15) is 0 Å². The van der Waals surface area contributed by atoms with Gasteiger partial charge in [0.15, 0.2) is 0 Å². The fourth-order valence-electron chi connectivity index (χ4n) is 7.21. The molecule has 0 radical (unpaired) electrons. The molecule has 27 heteroatoms. The number of carbonyl (C=O) groups excluding carboxylic acids is 9. The molecular formula is C45H70N12O15. The molecule has 2 aromatic rings. The van der Waals surface area contributed by atoms with Crippen molar-refractivity contribution in [3.05, 3.63) is 36.0 Å². The first-order chi connectivity index (χ1) is 34.6. The van der Waals surface area contributed by atoms with Gasteiger partial charge in [0.2, 0.25) is 53.2 Å². The monoisotopic (exact) mass is 1020 g/mol. The molecule has 4 atom stereocenters. The topological polar surface area (TPSA) is 395 Å². The Hall–Kier alpha value is -6.78. The van der Waals surface area contributed by atoms with Crippen molar-refractivity contribution in [1.29, 1.82) is 0 Å². The van der Waals surface area contributed by atoms with Crippen LogP contribution in [0.5, 0.6) is 0 Å². The molecule has 14 N–H and O–H groups in total. The van der Waals surface area contributed by atoms with Gasteiger partial charge in [-0.15, -0.1) is 0 Å². The number of unbranched alkanes of at least 4 members (excludes halogenated alkanes) is 1. The number of ether oxygens (including phenoxy) is 4. The Morgan fingerprint density at radius 3 is 2.00 bits per heavy atom. The molecule has 1 aromatic heterocycles. The Morgan fingerprint density at radius 1 is 0.722 bits per heavy atom. The smallest absolute Gasteiger partial charge is 0.305 e. The first kappa shape index (κ1) is 59.5. The van der Waals surface area contributed by atoms with Crippen LogP contribution in [0.15, 0.2) is 30.5 Å². The Bertz CT molecular complexity index is 2110. The second-order valence-electron chi connectivity index (χ2n) is 16.4. The van der Waals surface area contributed by atoms with Gasteiger partial charge in [0.1, 0.15) is 31.3 Å². The highest BCUT2D eigenvalue weighted by Crippen LogP contribution is 2.21. The van der Waals surface area contributed by atoms with E-state index in [1.807, 2.05) is 24.3 Å². The number of rotatable bonds is 37. The molecular weight excluding hydrogens is 949 g/mol. The van der Waals surface area contributed by atoms with Gasteiger partial charge in [-0.25, -0.2) is 0 Å². The molecule has 1 aliphatic heterocycles. The van der Waals surface area contributed by atoms with Gasteiger partial charge in [0.05, 0.1) is 71.7 Å². The van der Waals surface area contributed by atoms with Crippen molar-refractivity contribution in [2.75, 3.05) is 106 Å². The zero-order chi connectivity index (χ0) is 52.7. The van der Waals surface area contributed by atoms with E-state index >= 15 is 0 Å². The number of likely N-dealkylation sites (tertiary alicyclic amines) is 1. The van der Waals surface area contributed by atoms with Crippen LogP contribution in [0.4, 0.5) is 0 Å². The summed E-state index contributed by atoms with van der Waals surface area (Å²) in [6, 6.07) is 3.07. The molecule has 0 aliphatic carbocycles. The number of H-pyrrole nitrogens is 1. The minimum atomic E-state index is -1.49. The summed E-state index contributed by atoms with van der Waals surface area (Å²) in [5.41, 5.74) is 12.5. The SMILES string of the molecule is CN[C@@H](Cc1c[nH]c2ccccc12)C(=O)N[C@@H](CC(=O)O)C(=O)N1CCCC1C(=O)NCC(=O)NCC(=O)NCC(=O)N[C@@H](CCCCNC(=O)COCCOCCNC(=O)COCCOCCN)C(N)=O. The number of nitrogens with zero attached hydrogens (tertiary/aromatic N) is 1. The molecule has 9 amide bonds. The number of carbonyl (C=O) groups is 10. The van der Waals surface area contributed by atoms with E-state index in [9.17, 15) is 53.1 Å². The fourth-order valence-corrected chi connectivity index (χ4v) is 7.21. The average Bonchev–Trinajstić information content (AvgIpc) is 4.02. The van der Waals surface area contributed by atoms with E-state index in [2.05, 4.69) is 47.5 Å². The summed E-state index contributed by atoms with van der Waals surface area (Å²) in [7, 11) is 1.56. The lowest BCUT2D eigenvalue weighted by Crippen LogP contribution is -2.57. The van der Waals surface area contributed by atoms with Crippen LogP contribution in [0.1, 0.15) is 44.1 Å². The van der Waals surface area contributed by atoms with Crippen molar-refractivity contribution in [2.24, 2.45) is 11.5 Å². The number of nitrogens with two attached hydrogens (primary N) is 2. The second kappa shape index (κ2) is 33.7. The number of para-hydroxylation sites is 1. The predicted octanol–water partition coefficient (Wildman–Crippen LogP) is -5.00. The Morgan fingerprint density at radius 2 is 1.35 bits per heavy atom. The Kier molecular flexibility index (Phi) is 27.9. The molecule has 1 saturated heterocycles. The molecule has 27 nitrogen and oxygen atoms in total. The number of nitrogens with one attached hydrogen (secondary N) is 9. The van der Waals surface area contributed by atoms with Crippen LogP contribution >= 0.6 is 0 Å². The highest BCUT2D eigenvalue weighted by molar-refractivity contribution is 5.97. The highest BCUT2D eigenvalue weighted by Gasteiger charge is 2.39. The van der Waals surface area contributed by atoms with E-state index in [4.69, 9.17) is 30.4 Å². The summed E-state index contributed by atoms with van der Waals surface area (Å²) in [4.78, 5) is 129. The first-order valence-electron chi connectivity index (χ1n) is 23.6. The predicted molar refractivity (Wildman–Crippen MR) is 256 cm³/mol. The van der Waals surface area contributed by atoms with Crippen molar-refractivity contribution in [3.63, 3.8) is 0 Å². The van der Waals surface area contributed by atoms with Crippen LogP contribution in [0, 0.1) is 0 Å². The maximum absolute atomic E-state index is 13.7. The quantitative estimate of drug-likeness (QED) is 0.0282. The van der Waals surface area contributed by atoms with E-state index in [-0.39, 0.29) is 90.4 Å². The summed E-state index contributed by atoms with van der Waals surface area (Å²) < 4.78 is 20.9. The van der Waals surface area contributed by atoms with E-state index in [1.165, 1.54) is 4.90 Å². The molecule has 0 saturated carbocycles. The number of carboxylic acid groups (broad SMARTS) is 1. The number of benzene rings is 1. The van der Waals surface area contributed by atoms with Crippen molar-refractivity contribution >= 4 is 70.0 Å². The summed E-state index contributed by atoms with van der Waals surface area (Å²) in [6.07, 6.45) is 2.85. The maximum Gasteiger partial charge on any atom is 0.305 e. The average molecular weight is 1020 g/mol. The van der Waals surface area contributed by atoms with Gasteiger partial charge in [0.25, 0.3) is 0 Å². The van der Waals surface area contributed by atoms with E-state index in [0.29, 0.717) is 39.0 Å². The van der Waals surface area contributed by atoms with Crippen LogP contribution in [0.3, 0.4) is 0 Å². The molecule has 0 bridgehead atoms. The molecule has 3 rings (SSSR count). The standard InChI is InChI=1S/C45H70N12O15/c1-48-33(21-29-23-51-31-8-3-2-7-30(29)31)43(66)56-34(22-41(63)64)45(68)57-14-6-10-35(57)44(67)54-25-37(59)52-24-36(58)53-26-38(60)55-32(42(47)65)9-4-5-12-49-39(61)27-72-20-18-70-16-13-50-40(62)28-71-19-17-69-15-11-46/h2-3,7-8,23,32-35,48,51H,4-6,9-22,24-28,46H2,1H3,(H2,47,65)(H,49,61)(H,50,62)(H,52,59)(H,53,58)(H,54,67)(H,55,60)(H,56,66)(H,63,64)/t32-,33-,34-,35?/m0/s1. The fraction of sp³-hybridized carbons (Fsp3) is 0.600. The lowest BCUT2D eigenvalue weighted by molar-refractivity contribution is -0.146. The van der Waals surface area contributed by atoms with Gasteiger partial charge in [-0.1, -0.05) is 18.2 Å². The normalized spacial score (nSPS) is 14.4. The van der Waals surface area contributed by atoms with Crippen LogP contribution in [-0.2, 0) is 73.3 Å². The molecule has 400 valence electrons. The largest absolute Gasteiger partial charge is 0.481 e. The van der Waals surface area contributed by atoms with E-state index in [0.717, 1.165) is 16.5 Å². The Balaban J connectivity index is 1.27. The van der Waals surface area contributed by atoms with E-state index < -0.39 is 97.5 Å². The molecule has 2 heterocycles. The van der Waals surface area contributed by atoms with Gasteiger partial charge >= 0.3 is 5.97 Å². The summed E-state index contributed by atoms with van der Waals surface area (Å²) in [6.45, 7) is 0.654. The van der Waals surface area contributed by atoms with Gasteiger partial charge in [0, 0.05) is 43.3 Å². The number of aliphatic carboxylic acids is 1. The molecule has 1 aromatic carbocycles. The third kappa shape index (κ3) is 23.0. The number of fused-ring (bicyclic) bond motifs is 1. The van der Waals surface area contributed by atoms with Crippen LogP contribution in [0.2, 0.25) is 0 Å². The number of hydrogen-bond donors (Lipinski definition) is 12. The number of aromatic nitrogens is 1. The minimum absolute atomic E-state index is 0.0994. The number of amides is 9. The van der Waals surface area contributed by atoms with Crippen LogP contribution < -0.4 is 54.0 Å². The maximum atomic E-state index is 13.7. The molecule has 1 unspecified atom stereocenters. The molecule has 1 aliphatic rings. The zero-order valence-corrected chi connectivity index (χ0v) is 40.5. The third-order valence-corrected chi connectivity index (χ3v) is 10.9. The number of aromatic amines is 1. The van der Waals surface area contributed by atoms with Gasteiger partial charge < -0.3 is 87.9 Å². The molecule has 1 fully saturated rings. The van der Waals surface area contributed by atoms with Crippen molar-refractivity contribution in [2.45, 2.75) is 69.1 Å². The number of hydrogen-bond acceptors (Lipinski definition) is 16. The summed E-state index contributed by atoms with van der Waals surface area (Å²) in [5.74, 6) is -7.19.